The number of hydrogen-bond acceptors (Lipinski definition) is 8. The van der Waals surface area contributed by atoms with Gasteiger partial charge in [-0.15, -0.1) is 23.4 Å². The van der Waals surface area contributed by atoms with Crippen LogP contribution < -0.4 is 10.6 Å². The number of rotatable bonds is 6. The van der Waals surface area contributed by atoms with Crippen LogP contribution in [0.4, 0.5) is 8.78 Å². The Morgan fingerprint density at radius 1 is 1.25 bits per heavy atom. The van der Waals surface area contributed by atoms with Crippen LogP contribution >= 0.6 is 23.4 Å². The lowest BCUT2D eigenvalue weighted by molar-refractivity contribution is -0.205. The average Bonchev–Trinajstić information content (AvgIpc) is 3.11. The van der Waals surface area contributed by atoms with Crippen LogP contribution in [0.3, 0.4) is 0 Å². The molecule has 1 aromatic rings. The van der Waals surface area contributed by atoms with Crippen molar-refractivity contribution in [3.8, 4) is 0 Å². The van der Waals surface area contributed by atoms with E-state index in [2.05, 4.69) is 10.6 Å². The highest BCUT2D eigenvalue weighted by molar-refractivity contribution is 7.99. The smallest absolute Gasteiger partial charge is 0.240 e. The Balaban J connectivity index is 1.49. The minimum atomic E-state index is -1.47. The Morgan fingerprint density at radius 2 is 2.00 bits per heavy atom. The molecule has 2 fully saturated rings. The number of carbonyl (C=O) groups is 1. The van der Waals surface area contributed by atoms with Crippen molar-refractivity contribution in [1.82, 2.24) is 10.6 Å². The van der Waals surface area contributed by atoms with Crippen LogP contribution in [0.5, 0.6) is 0 Å². The number of fused-ring (bicyclic) bond motifs is 1. The third-order valence-corrected chi connectivity index (χ3v) is 8.10. The number of thioether (sulfide) groups is 1. The molecule has 3 aliphatic rings. The Bertz CT molecular complexity index is 986. The summed E-state index contributed by atoms with van der Waals surface area (Å²) in [5.74, 6) is -1.97. The van der Waals surface area contributed by atoms with E-state index in [1.165, 1.54) is 23.9 Å². The van der Waals surface area contributed by atoms with E-state index in [4.69, 9.17) is 21.1 Å². The SMILES string of the molecule is CSC1O[C@H]([C@H](NC(=O)[C@H]2NC[C@@H]3C=C(c4ccc(F)cc4F)CCO[C@@H]23)[C@H](C)Cl)[C@@H](O)C(O)[C@H]1O. The molecular weight excluding hydrogens is 518 g/mol. The molecule has 4 rings (SSSR count). The highest BCUT2D eigenvalue weighted by Crippen LogP contribution is 2.33. The normalized spacial score (nSPS) is 36.4. The Hall–Kier alpha value is -1.31. The van der Waals surface area contributed by atoms with Gasteiger partial charge in [0.25, 0.3) is 0 Å². The Morgan fingerprint density at radius 3 is 2.67 bits per heavy atom. The highest BCUT2D eigenvalue weighted by Gasteiger charge is 2.49. The van der Waals surface area contributed by atoms with Crippen molar-refractivity contribution in [3.05, 3.63) is 41.5 Å². The molecule has 8 nitrogen and oxygen atoms in total. The van der Waals surface area contributed by atoms with E-state index < -0.39 is 71.0 Å². The predicted molar refractivity (Wildman–Crippen MR) is 131 cm³/mol. The molecule has 3 heterocycles. The van der Waals surface area contributed by atoms with Gasteiger partial charge in [-0.3, -0.25) is 4.79 Å². The lowest BCUT2D eigenvalue weighted by Crippen LogP contribution is -2.65. The zero-order valence-electron chi connectivity index (χ0n) is 19.8. The van der Waals surface area contributed by atoms with Gasteiger partial charge in [0.1, 0.15) is 47.5 Å². The number of amides is 1. The summed E-state index contributed by atoms with van der Waals surface area (Å²) in [6.45, 7) is 2.28. The van der Waals surface area contributed by atoms with Crippen LogP contribution in [0.2, 0.25) is 0 Å². The first-order valence-electron chi connectivity index (χ1n) is 11.8. The quantitative estimate of drug-likeness (QED) is 0.334. The van der Waals surface area contributed by atoms with Gasteiger partial charge in [0.2, 0.25) is 5.91 Å². The second-order valence-corrected chi connectivity index (χ2v) is 11.0. The summed E-state index contributed by atoms with van der Waals surface area (Å²) < 4.78 is 39.5. The summed E-state index contributed by atoms with van der Waals surface area (Å²) in [5.41, 5.74) is 0.180. The van der Waals surface area contributed by atoms with Crippen molar-refractivity contribution in [2.75, 3.05) is 19.4 Å². The van der Waals surface area contributed by atoms with Crippen LogP contribution in [0.1, 0.15) is 18.9 Å². The average molecular weight is 549 g/mol. The number of nitrogens with one attached hydrogen (secondary N) is 2. The fourth-order valence-corrected chi connectivity index (χ4v) is 5.94. The van der Waals surface area contributed by atoms with E-state index in [0.29, 0.717) is 24.1 Å². The van der Waals surface area contributed by atoms with Gasteiger partial charge in [-0.1, -0.05) is 6.08 Å². The zero-order chi connectivity index (χ0) is 26.1. The van der Waals surface area contributed by atoms with Crippen molar-refractivity contribution in [2.45, 2.75) is 66.8 Å². The molecule has 5 N–H and O–H groups in total. The summed E-state index contributed by atoms with van der Waals surface area (Å²) >= 11 is 7.53. The van der Waals surface area contributed by atoms with Gasteiger partial charge in [-0.2, -0.15) is 0 Å². The molecular formula is C24H31ClF2N2O6S. The molecule has 0 aromatic heterocycles. The van der Waals surface area contributed by atoms with Crippen LogP contribution in [0.25, 0.3) is 5.57 Å². The van der Waals surface area contributed by atoms with Gasteiger partial charge in [0.15, 0.2) is 0 Å². The first-order valence-corrected chi connectivity index (χ1v) is 13.5. The van der Waals surface area contributed by atoms with E-state index in [9.17, 15) is 28.9 Å². The molecule has 0 aliphatic carbocycles. The minimum absolute atomic E-state index is 0.232. The summed E-state index contributed by atoms with van der Waals surface area (Å²) in [4.78, 5) is 13.3. The van der Waals surface area contributed by atoms with E-state index in [0.717, 1.165) is 6.07 Å². The minimum Gasteiger partial charge on any atom is -0.388 e. The largest absolute Gasteiger partial charge is 0.388 e. The predicted octanol–water partition coefficient (Wildman–Crippen LogP) is 1.01. The molecule has 1 aromatic carbocycles. The topological polar surface area (TPSA) is 120 Å². The first kappa shape index (κ1) is 27.7. The van der Waals surface area contributed by atoms with Gasteiger partial charge < -0.3 is 35.4 Å². The Labute approximate surface area is 217 Å². The number of benzene rings is 1. The van der Waals surface area contributed by atoms with Crippen LogP contribution in [0, 0.1) is 17.6 Å². The number of alkyl halides is 1. The molecule has 10 atom stereocenters. The molecule has 0 radical (unpaired) electrons. The lowest BCUT2D eigenvalue weighted by atomic mass is 9.92. The van der Waals surface area contributed by atoms with Crippen molar-refractivity contribution in [1.29, 1.82) is 0 Å². The molecule has 2 saturated heterocycles. The third-order valence-electron chi connectivity index (χ3n) is 6.98. The maximum Gasteiger partial charge on any atom is 0.240 e. The van der Waals surface area contributed by atoms with E-state index in [1.54, 1.807) is 13.2 Å². The number of hydrogen-bond donors (Lipinski definition) is 5. The van der Waals surface area contributed by atoms with Gasteiger partial charge in [-0.05, 0) is 37.3 Å². The number of ether oxygens (including phenoxy) is 2. The standard InChI is InChI=1S/C24H31ClF2N2O6S/c1-10(25)16(22-19(31)18(30)20(32)24(35-22)36-2)29-23(33)17-21-12(9-28-17)7-11(5-6-34-21)14-4-3-13(26)8-15(14)27/h3-4,7-8,10,12,16-22,24,28,30-32H,5-6,9H2,1-2H3,(H,29,33)/t10-,12-,16+,17-,18?,19-,20+,21+,22+,24?/m0/s1. The highest BCUT2D eigenvalue weighted by atomic mass is 35.5. The van der Waals surface area contributed by atoms with Crippen molar-refractivity contribution in [3.63, 3.8) is 0 Å². The van der Waals surface area contributed by atoms with Crippen LogP contribution in [0.15, 0.2) is 24.3 Å². The molecule has 200 valence electrons. The summed E-state index contributed by atoms with van der Waals surface area (Å²) in [5, 5.41) is 36.3. The van der Waals surface area contributed by atoms with Gasteiger partial charge in [0.05, 0.1) is 24.1 Å². The molecule has 3 aliphatic heterocycles. The second kappa shape index (κ2) is 11.6. The second-order valence-electron chi connectivity index (χ2n) is 9.34. The fraction of sp³-hybridized carbons (Fsp3) is 0.625. The van der Waals surface area contributed by atoms with Crippen molar-refractivity contribution >= 4 is 34.8 Å². The maximum absolute atomic E-state index is 14.4. The van der Waals surface area contributed by atoms with Crippen LogP contribution in [-0.4, -0.2) is 94.1 Å². The lowest BCUT2D eigenvalue weighted by Gasteiger charge is -2.44. The van der Waals surface area contributed by atoms with E-state index >= 15 is 0 Å². The number of halogens is 3. The summed E-state index contributed by atoms with van der Waals surface area (Å²) in [6.07, 6.45) is -1.86. The van der Waals surface area contributed by atoms with Crippen molar-refractivity contribution < 1.29 is 38.4 Å². The van der Waals surface area contributed by atoms with E-state index in [-0.39, 0.29) is 12.5 Å². The molecule has 0 spiro atoms. The van der Waals surface area contributed by atoms with Gasteiger partial charge >= 0.3 is 0 Å². The Kier molecular flexibility index (Phi) is 8.94. The van der Waals surface area contributed by atoms with Crippen molar-refractivity contribution in [2.24, 2.45) is 5.92 Å². The van der Waals surface area contributed by atoms with Crippen LogP contribution in [-0.2, 0) is 14.3 Å². The van der Waals surface area contributed by atoms with Gasteiger partial charge in [0, 0.05) is 24.1 Å². The monoisotopic (exact) mass is 548 g/mol. The first-order chi connectivity index (χ1) is 17.1. The molecule has 1 amide bonds. The number of aliphatic hydroxyl groups excluding tert-OH is 3. The van der Waals surface area contributed by atoms with E-state index in [1.807, 2.05) is 6.08 Å². The third kappa shape index (κ3) is 5.58. The zero-order valence-corrected chi connectivity index (χ0v) is 21.4. The van der Waals surface area contributed by atoms with Gasteiger partial charge in [-0.25, -0.2) is 8.78 Å². The fourth-order valence-electron chi connectivity index (χ4n) is 5.06. The molecule has 0 saturated carbocycles. The molecule has 2 unspecified atom stereocenters. The summed E-state index contributed by atoms with van der Waals surface area (Å²) in [6, 6.07) is 1.82. The molecule has 0 bridgehead atoms. The summed E-state index contributed by atoms with van der Waals surface area (Å²) in [7, 11) is 0. The number of aliphatic hydroxyl groups is 3. The molecule has 36 heavy (non-hydrogen) atoms. The molecule has 12 heteroatoms. The maximum atomic E-state index is 14.4. The number of carbonyl (C=O) groups excluding carboxylic acids is 1.